The number of carbonyl (C=O) groups excluding carboxylic acids is 1. The highest BCUT2D eigenvalue weighted by Gasteiger charge is 2.30. The summed E-state index contributed by atoms with van der Waals surface area (Å²) in [5, 5.41) is 10.3. The highest BCUT2D eigenvalue weighted by molar-refractivity contribution is 7.99. The monoisotopic (exact) mass is 446 g/mol. The molecule has 0 aliphatic heterocycles. The summed E-state index contributed by atoms with van der Waals surface area (Å²) in [6, 6.07) is 9.31. The summed E-state index contributed by atoms with van der Waals surface area (Å²) in [7, 11) is 0. The van der Waals surface area contributed by atoms with Crippen LogP contribution in [0.5, 0.6) is 0 Å². The van der Waals surface area contributed by atoms with Crippen LogP contribution in [0.3, 0.4) is 0 Å². The standard InChI is InChI=1S/C17H11Cl2F3N4OS/c18-10-4-5-12(13(19)7-10)15-24-16(26-25-15)28-8-14(27)23-11-3-1-2-9(6-11)17(20,21)22/h1-7H,8H2,(H,23,27)(H,24,25,26). The molecule has 2 aromatic carbocycles. The first-order valence-corrected chi connectivity index (χ1v) is 9.44. The number of aromatic amines is 1. The van der Waals surface area contributed by atoms with Crippen LogP contribution in [0, 0.1) is 0 Å². The van der Waals surface area contributed by atoms with Crippen LogP contribution in [0.1, 0.15) is 5.56 Å². The Morgan fingerprint density at radius 2 is 1.96 bits per heavy atom. The minimum Gasteiger partial charge on any atom is -0.325 e. The Balaban J connectivity index is 1.61. The second-order valence-corrected chi connectivity index (χ2v) is 7.29. The molecule has 0 spiro atoms. The lowest BCUT2D eigenvalue weighted by Gasteiger charge is -2.09. The van der Waals surface area contributed by atoms with E-state index in [0.717, 1.165) is 23.9 Å². The van der Waals surface area contributed by atoms with Crippen LogP contribution in [0.2, 0.25) is 10.0 Å². The van der Waals surface area contributed by atoms with Crippen molar-refractivity contribution in [3.8, 4) is 11.4 Å². The first kappa shape index (κ1) is 20.5. The Bertz CT molecular complexity index is 1010. The SMILES string of the molecule is O=C(CSc1n[nH]c(-c2ccc(Cl)cc2Cl)n1)Nc1cccc(C(F)(F)F)c1. The Kier molecular flexibility index (Phi) is 6.17. The number of amides is 1. The molecule has 1 aromatic heterocycles. The minimum absolute atomic E-state index is 0.0593. The molecular weight excluding hydrogens is 436 g/mol. The fraction of sp³-hybridized carbons (Fsp3) is 0.118. The van der Waals surface area contributed by atoms with Crippen molar-refractivity contribution in [2.75, 3.05) is 11.1 Å². The molecule has 0 saturated carbocycles. The molecule has 0 radical (unpaired) electrons. The van der Waals surface area contributed by atoms with Crippen molar-refractivity contribution in [2.45, 2.75) is 11.3 Å². The number of hydrogen-bond acceptors (Lipinski definition) is 4. The Labute approximate surface area is 171 Å². The van der Waals surface area contributed by atoms with Crippen molar-refractivity contribution >= 4 is 46.6 Å². The lowest BCUT2D eigenvalue weighted by atomic mass is 10.2. The van der Waals surface area contributed by atoms with Gasteiger partial charge in [-0.1, -0.05) is 41.0 Å². The van der Waals surface area contributed by atoms with Gasteiger partial charge in [0.1, 0.15) is 0 Å². The van der Waals surface area contributed by atoms with Crippen LogP contribution in [-0.4, -0.2) is 26.8 Å². The van der Waals surface area contributed by atoms with Gasteiger partial charge >= 0.3 is 6.18 Å². The fourth-order valence-electron chi connectivity index (χ4n) is 2.21. The fourth-order valence-corrected chi connectivity index (χ4v) is 3.31. The highest BCUT2D eigenvalue weighted by Crippen LogP contribution is 2.31. The minimum atomic E-state index is -4.48. The average molecular weight is 447 g/mol. The topological polar surface area (TPSA) is 70.7 Å². The number of carbonyl (C=O) groups is 1. The van der Waals surface area contributed by atoms with Crippen LogP contribution < -0.4 is 5.32 Å². The van der Waals surface area contributed by atoms with E-state index in [1.165, 1.54) is 12.1 Å². The van der Waals surface area contributed by atoms with Crippen LogP contribution in [0.4, 0.5) is 18.9 Å². The van der Waals surface area contributed by atoms with Crippen molar-refractivity contribution in [3.63, 3.8) is 0 Å². The Hall–Kier alpha value is -2.23. The first-order valence-electron chi connectivity index (χ1n) is 7.70. The predicted molar refractivity (Wildman–Crippen MR) is 103 cm³/mol. The maximum Gasteiger partial charge on any atom is 0.416 e. The van der Waals surface area contributed by atoms with E-state index < -0.39 is 17.6 Å². The van der Waals surface area contributed by atoms with Gasteiger partial charge in [-0.05, 0) is 36.4 Å². The molecule has 2 N–H and O–H groups in total. The van der Waals surface area contributed by atoms with Gasteiger partial charge in [0.25, 0.3) is 0 Å². The van der Waals surface area contributed by atoms with Crippen molar-refractivity contribution in [2.24, 2.45) is 0 Å². The number of nitrogens with zero attached hydrogens (tertiary/aromatic N) is 2. The lowest BCUT2D eigenvalue weighted by Crippen LogP contribution is -2.15. The third kappa shape index (κ3) is 5.18. The molecule has 0 aliphatic rings. The molecule has 0 saturated heterocycles. The van der Waals surface area contributed by atoms with Gasteiger partial charge in [0.2, 0.25) is 11.1 Å². The van der Waals surface area contributed by atoms with Gasteiger partial charge in [-0.3, -0.25) is 9.89 Å². The zero-order valence-electron chi connectivity index (χ0n) is 13.8. The maximum absolute atomic E-state index is 12.7. The molecule has 1 amide bonds. The zero-order valence-corrected chi connectivity index (χ0v) is 16.2. The number of anilines is 1. The molecule has 0 unspecified atom stereocenters. The summed E-state index contributed by atoms with van der Waals surface area (Å²) in [5.74, 6) is -0.162. The van der Waals surface area contributed by atoms with Crippen molar-refractivity contribution < 1.29 is 18.0 Å². The van der Waals surface area contributed by atoms with E-state index in [1.807, 2.05) is 0 Å². The number of alkyl halides is 3. The Morgan fingerprint density at radius 3 is 2.68 bits per heavy atom. The van der Waals surface area contributed by atoms with Crippen molar-refractivity contribution in [3.05, 3.63) is 58.1 Å². The summed E-state index contributed by atoms with van der Waals surface area (Å²) in [6.45, 7) is 0. The zero-order chi connectivity index (χ0) is 20.3. The largest absolute Gasteiger partial charge is 0.416 e. The molecular formula is C17H11Cl2F3N4OS. The molecule has 146 valence electrons. The molecule has 3 rings (SSSR count). The van der Waals surface area contributed by atoms with Crippen LogP contribution in [0.25, 0.3) is 11.4 Å². The van der Waals surface area contributed by atoms with Gasteiger partial charge in [-0.2, -0.15) is 13.2 Å². The van der Waals surface area contributed by atoms with Gasteiger partial charge in [0, 0.05) is 16.3 Å². The first-order chi connectivity index (χ1) is 13.2. The molecule has 0 fully saturated rings. The molecule has 3 aromatic rings. The quantitative estimate of drug-likeness (QED) is 0.505. The van der Waals surface area contributed by atoms with Gasteiger partial charge in [-0.15, -0.1) is 5.10 Å². The van der Waals surface area contributed by atoms with Gasteiger partial charge in [0.15, 0.2) is 5.82 Å². The molecule has 1 heterocycles. The van der Waals surface area contributed by atoms with E-state index in [-0.39, 0.29) is 11.4 Å². The van der Waals surface area contributed by atoms with E-state index in [9.17, 15) is 18.0 Å². The number of benzene rings is 2. The molecule has 11 heteroatoms. The summed E-state index contributed by atoms with van der Waals surface area (Å²) in [5.41, 5.74) is -0.181. The molecule has 0 bridgehead atoms. The maximum atomic E-state index is 12.7. The van der Waals surface area contributed by atoms with Crippen LogP contribution in [-0.2, 0) is 11.0 Å². The van der Waals surface area contributed by atoms with E-state index in [2.05, 4.69) is 20.5 Å². The number of hydrogen-bond donors (Lipinski definition) is 2. The number of rotatable bonds is 5. The second kappa shape index (κ2) is 8.42. The van der Waals surface area contributed by atoms with Gasteiger partial charge in [-0.25, -0.2) is 4.98 Å². The summed E-state index contributed by atoms with van der Waals surface area (Å²) >= 11 is 13.0. The lowest BCUT2D eigenvalue weighted by molar-refractivity contribution is -0.137. The third-order valence-electron chi connectivity index (χ3n) is 3.46. The number of aromatic nitrogens is 3. The summed E-state index contributed by atoms with van der Waals surface area (Å²) in [4.78, 5) is 16.2. The van der Waals surface area contributed by atoms with E-state index in [4.69, 9.17) is 23.2 Å². The highest BCUT2D eigenvalue weighted by atomic mass is 35.5. The van der Waals surface area contributed by atoms with Gasteiger partial charge in [0.05, 0.1) is 16.3 Å². The number of thioether (sulfide) groups is 1. The van der Waals surface area contributed by atoms with Crippen molar-refractivity contribution in [1.82, 2.24) is 15.2 Å². The van der Waals surface area contributed by atoms with Crippen molar-refractivity contribution in [1.29, 1.82) is 0 Å². The third-order valence-corrected chi connectivity index (χ3v) is 4.85. The predicted octanol–water partition coefficient (Wildman–Crippen LogP) is 5.53. The molecule has 5 nitrogen and oxygen atoms in total. The second-order valence-electron chi connectivity index (χ2n) is 5.51. The summed E-state index contributed by atoms with van der Waals surface area (Å²) < 4.78 is 38.1. The van der Waals surface area contributed by atoms with Gasteiger partial charge < -0.3 is 5.32 Å². The summed E-state index contributed by atoms with van der Waals surface area (Å²) in [6.07, 6.45) is -4.48. The molecule has 0 aliphatic carbocycles. The number of H-pyrrole nitrogens is 1. The van der Waals surface area contributed by atoms with Crippen LogP contribution >= 0.6 is 35.0 Å². The normalized spacial score (nSPS) is 11.5. The molecule has 0 atom stereocenters. The van der Waals surface area contributed by atoms with E-state index >= 15 is 0 Å². The average Bonchev–Trinajstić information content (AvgIpc) is 3.08. The Morgan fingerprint density at radius 1 is 1.18 bits per heavy atom. The number of nitrogens with one attached hydrogen (secondary N) is 2. The number of halogens is 5. The van der Waals surface area contributed by atoms with E-state index in [0.29, 0.717) is 26.6 Å². The molecule has 28 heavy (non-hydrogen) atoms. The van der Waals surface area contributed by atoms with E-state index in [1.54, 1.807) is 18.2 Å². The van der Waals surface area contributed by atoms with Crippen LogP contribution in [0.15, 0.2) is 47.6 Å². The smallest absolute Gasteiger partial charge is 0.325 e.